The number of hydrogen-bond acceptors (Lipinski definition) is 18. The van der Waals surface area contributed by atoms with Crippen molar-refractivity contribution >= 4 is 0 Å². The van der Waals surface area contributed by atoms with Crippen LogP contribution in [-0.4, -0.2) is 128 Å². The van der Waals surface area contributed by atoms with E-state index in [1.165, 1.54) is 0 Å². The second-order valence-electron chi connectivity index (χ2n) is 16.7. The molecule has 0 radical (unpaired) electrons. The van der Waals surface area contributed by atoms with E-state index >= 15 is 0 Å². The Morgan fingerprint density at radius 3 is 0.295 bits per heavy atom. The SMILES string of the molecule is COc1cc(-c2c(-c3cc(OC)c(OC)c(OC)c3)c(-c3cc(OC)c(OC)c(OC)c3)c(-c3cc(OC)c(OC)c(OC)c3)c(-c3cc(OC)c(OC)c(OC)c3)c2-c2cc(OC)c(OC)c(OC)c2)cc(OC)c1OC. The van der Waals surface area contributed by atoms with Crippen LogP contribution in [0.3, 0.4) is 0 Å². The van der Waals surface area contributed by atoms with Crippen molar-refractivity contribution in [3.8, 4) is 170 Å². The molecule has 0 heterocycles. The summed E-state index contributed by atoms with van der Waals surface area (Å²) in [5.74, 6) is 6.18. The summed E-state index contributed by atoms with van der Waals surface area (Å²) in [6.07, 6.45) is 0. The molecule has 0 aliphatic heterocycles. The first-order chi connectivity index (χ1) is 37.9. The third kappa shape index (κ3) is 9.96. The van der Waals surface area contributed by atoms with Gasteiger partial charge in [-0.15, -0.1) is 0 Å². The lowest BCUT2D eigenvalue weighted by Crippen LogP contribution is -2.06. The van der Waals surface area contributed by atoms with Crippen LogP contribution in [0.5, 0.6) is 103 Å². The molecule has 414 valence electrons. The molecule has 0 spiro atoms. The van der Waals surface area contributed by atoms with Gasteiger partial charge in [-0.25, -0.2) is 0 Å². The Hall–Kier alpha value is -9.06. The van der Waals surface area contributed by atoms with E-state index in [9.17, 15) is 0 Å². The van der Waals surface area contributed by atoms with Crippen molar-refractivity contribution in [2.75, 3.05) is 128 Å². The Bertz CT molecular complexity index is 2580. The van der Waals surface area contributed by atoms with E-state index in [0.29, 0.717) is 170 Å². The van der Waals surface area contributed by atoms with Crippen LogP contribution in [0.15, 0.2) is 72.8 Å². The van der Waals surface area contributed by atoms with Gasteiger partial charge in [-0.1, -0.05) is 0 Å². The molecule has 0 N–H and O–H groups in total. The highest BCUT2D eigenvalue weighted by Gasteiger charge is 2.35. The maximum absolute atomic E-state index is 6.15. The average molecular weight is 1080 g/mol. The van der Waals surface area contributed by atoms with Crippen LogP contribution in [-0.2, 0) is 0 Å². The van der Waals surface area contributed by atoms with Crippen LogP contribution in [0, 0.1) is 0 Å². The van der Waals surface area contributed by atoms with Crippen LogP contribution < -0.4 is 85.3 Å². The quantitative estimate of drug-likeness (QED) is 0.0560. The van der Waals surface area contributed by atoms with Gasteiger partial charge < -0.3 is 85.3 Å². The van der Waals surface area contributed by atoms with Crippen molar-refractivity contribution in [3.05, 3.63) is 72.8 Å². The lowest BCUT2D eigenvalue weighted by atomic mass is 9.73. The monoisotopic (exact) mass is 1070 g/mol. The van der Waals surface area contributed by atoms with Crippen molar-refractivity contribution in [3.63, 3.8) is 0 Å². The summed E-state index contributed by atoms with van der Waals surface area (Å²) in [5, 5.41) is 0. The largest absolute Gasteiger partial charge is 0.493 e. The molecule has 0 bridgehead atoms. The smallest absolute Gasteiger partial charge is 0.203 e. The van der Waals surface area contributed by atoms with E-state index < -0.39 is 0 Å². The number of benzene rings is 7. The Balaban J connectivity index is 2.06. The first kappa shape index (κ1) is 56.7. The molecular formula is C60H66O18. The summed E-state index contributed by atoms with van der Waals surface area (Å²) in [6, 6.07) is 22.5. The molecule has 0 aliphatic rings. The zero-order chi connectivity index (χ0) is 56.5. The molecule has 0 aliphatic carbocycles. The fraction of sp³-hybridized carbons (Fsp3) is 0.300. The van der Waals surface area contributed by atoms with Crippen LogP contribution >= 0.6 is 0 Å². The minimum absolute atomic E-state index is 0.343. The summed E-state index contributed by atoms with van der Waals surface area (Å²) >= 11 is 0. The second kappa shape index (κ2) is 24.7. The van der Waals surface area contributed by atoms with Gasteiger partial charge in [0.15, 0.2) is 69.0 Å². The summed E-state index contributed by atoms with van der Waals surface area (Å²) < 4.78 is 110. The summed E-state index contributed by atoms with van der Waals surface area (Å²) in [7, 11) is 27.9. The van der Waals surface area contributed by atoms with E-state index in [4.69, 9.17) is 85.3 Å². The highest BCUT2D eigenvalue weighted by molar-refractivity contribution is 6.16. The highest BCUT2D eigenvalue weighted by atomic mass is 16.6. The van der Waals surface area contributed by atoms with Crippen molar-refractivity contribution in [1.82, 2.24) is 0 Å². The van der Waals surface area contributed by atoms with Gasteiger partial charge in [-0.05, 0) is 140 Å². The van der Waals surface area contributed by atoms with Crippen molar-refractivity contribution in [1.29, 1.82) is 0 Å². The summed E-state index contributed by atoms with van der Waals surface area (Å²) in [6.45, 7) is 0. The minimum Gasteiger partial charge on any atom is -0.493 e. The minimum atomic E-state index is 0.343. The molecule has 0 saturated carbocycles. The third-order valence-corrected chi connectivity index (χ3v) is 13.2. The van der Waals surface area contributed by atoms with Gasteiger partial charge in [0, 0.05) is 0 Å². The van der Waals surface area contributed by atoms with Crippen molar-refractivity contribution in [2.24, 2.45) is 0 Å². The first-order valence-corrected chi connectivity index (χ1v) is 24.0. The molecule has 7 rings (SSSR count). The number of ether oxygens (including phenoxy) is 18. The average Bonchev–Trinajstić information content (AvgIpc) is 3.53. The molecule has 0 unspecified atom stereocenters. The fourth-order valence-corrected chi connectivity index (χ4v) is 9.83. The summed E-state index contributed by atoms with van der Waals surface area (Å²) in [4.78, 5) is 0. The van der Waals surface area contributed by atoms with Gasteiger partial charge in [-0.3, -0.25) is 0 Å². The molecule has 0 amide bonds. The molecule has 7 aromatic rings. The van der Waals surface area contributed by atoms with Gasteiger partial charge >= 0.3 is 0 Å². The molecule has 0 fully saturated rings. The molecule has 0 aromatic heterocycles. The molecular weight excluding hydrogens is 1010 g/mol. The molecule has 18 nitrogen and oxygen atoms in total. The van der Waals surface area contributed by atoms with Gasteiger partial charge in [0.1, 0.15) is 0 Å². The molecule has 0 saturated heterocycles. The van der Waals surface area contributed by atoms with Crippen LogP contribution in [0.25, 0.3) is 66.8 Å². The van der Waals surface area contributed by atoms with Crippen molar-refractivity contribution in [2.45, 2.75) is 0 Å². The first-order valence-electron chi connectivity index (χ1n) is 24.0. The molecule has 0 atom stereocenters. The molecule has 18 heteroatoms. The standard InChI is InChI=1S/C60H66O18/c1-61-37-19-31(20-38(62-2)55(37)73-13)49-50(32-21-39(63-3)56(74-14)40(22-32)64-4)52(34-25-43(67-7)58(76-16)44(26-34)68-8)54(36-29-47(71-11)60(78-18)48(30-36)72-12)53(35-27-45(69-9)59(77-17)46(28-35)70-10)51(49)33-23-41(65-5)57(75-15)42(24-33)66-6/h19-30H,1-18H3. The molecule has 7 aromatic carbocycles. The topological polar surface area (TPSA) is 166 Å². The highest BCUT2D eigenvalue weighted by Crippen LogP contribution is 2.62. The summed E-state index contributed by atoms with van der Waals surface area (Å²) in [5.41, 5.74) is 6.82. The van der Waals surface area contributed by atoms with Crippen LogP contribution in [0.2, 0.25) is 0 Å². The van der Waals surface area contributed by atoms with E-state index in [1.54, 1.807) is 128 Å². The molecule has 78 heavy (non-hydrogen) atoms. The Morgan fingerprint density at radius 2 is 0.231 bits per heavy atom. The Labute approximate surface area is 454 Å². The van der Waals surface area contributed by atoms with Gasteiger partial charge in [-0.2, -0.15) is 0 Å². The van der Waals surface area contributed by atoms with Crippen LogP contribution in [0.1, 0.15) is 0 Å². The number of rotatable bonds is 24. The second-order valence-corrected chi connectivity index (χ2v) is 16.7. The Morgan fingerprint density at radius 1 is 0.141 bits per heavy atom. The predicted octanol–water partition coefficient (Wildman–Crippen LogP) is 11.8. The van der Waals surface area contributed by atoms with E-state index in [2.05, 4.69) is 0 Å². The Kier molecular flexibility index (Phi) is 18.0. The van der Waals surface area contributed by atoms with Gasteiger partial charge in [0.05, 0.1) is 128 Å². The maximum atomic E-state index is 6.15. The normalized spacial score (nSPS) is 10.7. The maximum Gasteiger partial charge on any atom is 0.203 e. The fourth-order valence-electron chi connectivity index (χ4n) is 9.83. The lowest BCUT2D eigenvalue weighted by molar-refractivity contribution is 0.324. The number of hydrogen-bond donors (Lipinski definition) is 0. The van der Waals surface area contributed by atoms with E-state index in [-0.39, 0.29) is 0 Å². The lowest BCUT2D eigenvalue weighted by Gasteiger charge is -2.31. The van der Waals surface area contributed by atoms with Crippen molar-refractivity contribution < 1.29 is 85.3 Å². The van der Waals surface area contributed by atoms with Gasteiger partial charge in [0.2, 0.25) is 34.5 Å². The van der Waals surface area contributed by atoms with Crippen LogP contribution in [0.4, 0.5) is 0 Å². The van der Waals surface area contributed by atoms with Gasteiger partial charge in [0.25, 0.3) is 0 Å². The zero-order valence-electron chi connectivity index (χ0n) is 47.3. The van der Waals surface area contributed by atoms with E-state index in [0.717, 1.165) is 0 Å². The zero-order valence-corrected chi connectivity index (χ0v) is 47.3. The van der Waals surface area contributed by atoms with E-state index in [1.807, 2.05) is 72.8 Å². The number of methoxy groups -OCH3 is 18. The third-order valence-electron chi connectivity index (χ3n) is 13.2. The predicted molar refractivity (Wildman–Crippen MR) is 297 cm³/mol.